The Bertz CT molecular complexity index is 561. The van der Waals surface area contributed by atoms with E-state index in [1.54, 1.807) is 0 Å². The van der Waals surface area contributed by atoms with Crippen LogP contribution in [0.4, 0.5) is 0 Å². The summed E-state index contributed by atoms with van der Waals surface area (Å²) >= 11 is 5.45. The first kappa shape index (κ1) is 13.6. The van der Waals surface area contributed by atoms with Crippen molar-refractivity contribution in [3.63, 3.8) is 0 Å². The summed E-state index contributed by atoms with van der Waals surface area (Å²) in [6.07, 6.45) is 4.48. The Labute approximate surface area is 117 Å². The lowest BCUT2D eigenvalue weighted by atomic mass is 9.85. The molecule has 1 aliphatic rings. The van der Waals surface area contributed by atoms with Crippen molar-refractivity contribution in [2.24, 2.45) is 5.92 Å². The Morgan fingerprint density at radius 3 is 2.63 bits per heavy atom. The number of rotatable bonds is 4. The number of nitro groups is 1. The second kappa shape index (κ2) is 5.89. The van der Waals surface area contributed by atoms with Crippen LogP contribution in [-0.2, 0) is 0 Å². The van der Waals surface area contributed by atoms with Gasteiger partial charge in [-0.25, -0.2) is 0 Å². The molecule has 0 saturated heterocycles. The molecule has 3 nitrogen and oxygen atoms in total. The van der Waals surface area contributed by atoms with Crippen molar-refractivity contribution in [1.82, 2.24) is 0 Å². The molecule has 1 atom stereocenters. The van der Waals surface area contributed by atoms with Crippen LogP contribution in [0, 0.1) is 16.0 Å². The van der Waals surface area contributed by atoms with Crippen molar-refractivity contribution >= 4 is 22.7 Å². The molecule has 0 radical (unpaired) electrons. The van der Waals surface area contributed by atoms with E-state index in [4.69, 9.17) is 12.2 Å². The number of benzene rings is 1. The molecular formula is C15H15NO2S. The van der Waals surface area contributed by atoms with E-state index in [-0.39, 0.29) is 17.4 Å². The van der Waals surface area contributed by atoms with Crippen molar-refractivity contribution in [3.8, 4) is 0 Å². The fourth-order valence-electron chi connectivity index (χ4n) is 2.19. The summed E-state index contributed by atoms with van der Waals surface area (Å²) in [6.45, 7) is 1.94. The van der Waals surface area contributed by atoms with E-state index in [0.29, 0.717) is 6.42 Å². The van der Waals surface area contributed by atoms with Crippen LogP contribution in [0.25, 0.3) is 5.57 Å². The summed E-state index contributed by atoms with van der Waals surface area (Å²) in [6, 6.07) is 9.88. The highest BCUT2D eigenvalue weighted by Gasteiger charge is 2.21. The van der Waals surface area contributed by atoms with Gasteiger partial charge in [-0.1, -0.05) is 61.6 Å². The summed E-state index contributed by atoms with van der Waals surface area (Å²) in [5.74, 6) is 0.171. The van der Waals surface area contributed by atoms with Crippen molar-refractivity contribution in [2.75, 3.05) is 6.54 Å². The number of hydrogen-bond donors (Lipinski definition) is 0. The molecule has 0 amide bonds. The van der Waals surface area contributed by atoms with Crippen molar-refractivity contribution in [1.29, 1.82) is 0 Å². The second-order valence-corrected chi connectivity index (χ2v) is 5.02. The van der Waals surface area contributed by atoms with Gasteiger partial charge < -0.3 is 0 Å². The van der Waals surface area contributed by atoms with Gasteiger partial charge in [0.05, 0.1) is 0 Å². The Morgan fingerprint density at radius 1 is 1.32 bits per heavy atom. The van der Waals surface area contributed by atoms with Gasteiger partial charge in [-0.05, 0) is 16.7 Å². The molecule has 0 aliphatic heterocycles. The normalized spacial score (nSPS) is 18.8. The third-order valence-corrected chi connectivity index (χ3v) is 3.84. The van der Waals surface area contributed by atoms with E-state index in [2.05, 4.69) is 6.08 Å². The molecule has 98 valence electrons. The van der Waals surface area contributed by atoms with E-state index in [1.165, 1.54) is 0 Å². The van der Waals surface area contributed by atoms with Crippen LogP contribution >= 0.6 is 12.2 Å². The average molecular weight is 273 g/mol. The number of thiocarbonyl (C=S) groups is 1. The van der Waals surface area contributed by atoms with Crippen molar-refractivity contribution in [3.05, 3.63) is 63.7 Å². The zero-order valence-corrected chi connectivity index (χ0v) is 11.5. The molecule has 19 heavy (non-hydrogen) atoms. The second-order valence-electron chi connectivity index (χ2n) is 4.58. The molecule has 1 aromatic rings. The van der Waals surface area contributed by atoms with Gasteiger partial charge in [-0.3, -0.25) is 10.1 Å². The van der Waals surface area contributed by atoms with E-state index in [9.17, 15) is 10.1 Å². The molecule has 0 N–H and O–H groups in total. The first-order valence-corrected chi connectivity index (χ1v) is 6.63. The van der Waals surface area contributed by atoms with Crippen LogP contribution in [0.2, 0.25) is 0 Å². The van der Waals surface area contributed by atoms with Crippen LogP contribution in [0.5, 0.6) is 0 Å². The standard InChI is InChI=1S/C15H15NO2S/c1-11-7-8-13(12-5-3-2-4-6-12)14(15(11)19)9-10-16(17)18/h2-8,11H,9-10H2,1H3. The third-order valence-electron chi connectivity index (χ3n) is 3.22. The minimum Gasteiger partial charge on any atom is -0.265 e. The zero-order valence-electron chi connectivity index (χ0n) is 10.7. The lowest BCUT2D eigenvalue weighted by Crippen LogP contribution is -2.17. The minimum atomic E-state index is -0.290. The van der Waals surface area contributed by atoms with Gasteiger partial charge in [0.2, 0.25) is 6.54 Å². The van der Waals surface area contributed by atoms with Gasteiger partial charge in [0, 0.05) is 22.1 Å². The summed E-state index contributed by atoms with van der Waals surface area (Å²) in [5, 5.41) is 10.6. The molecule has 0 bridgehead atoms. The molecule has 0 heterocycles. The Balaban J connectivity index is 2.41. The van der Waals surface area contributed by atoms with Crippen LogP contribution in [0.15, 0.2) is 48.1 Å². The van der Waals surface area contributed by atoms with E-state index in [1.807, 2.05) is 43.3 Å². The lowest BCUT2D eigenvalue weighted by Gasteiger charge is -2.21. The average Bonchev–Trinajstić information content (AvgIpc) is 2.41. The lowest BCUT2D eigenvalue weighted by molar-refractivity contribution is -0.478. The number of allylic oxidation sites excluding steroid dienone is 3. The Hall–Kier alpha value is -1.81. The van der Waals surface area contributed by atoms with Gasteiger partial charge in [-0.15, -0.1) is 0 Å². The predicted molar refractivity (Wildman–Crippen MR) is 80.7 cm³/mol. The quantitative estimate of drug-likeness (QED) is 0.477. The number of nitrogens with zero attached hydrogens (tertiary/aromatic N) is 1. The topological polar surface area (TPSA) is 43.1 Å². The highest BCUT2D eigenvalue weighted by molar-refractivity contribution is 7.81. The predicted octanol–water partition coefficient (Wildman–Crippen LogP) is 3.68. The van der Waals surface area contributed by atoms with Gasteiger partial charge in [0.25, 0.3) is 0 Å². The molecule has 1 unspecified atom stereocenters. The maximum absolute atomic E-state index is 10.6. The smallest absolute Gasteiger partial charge is 0.207 e. The SMILES string of the molecule is CC1C=CC(c2ccccc2)=C(CC[N+](=O)[O-])C1=S. The van der Waals surface area contributed by atoms with Crippen LogP contribution < -0.4 is 0 Å². The van der Waals surface area contributed by atoms with Gasteiger partial charge >= 0.3 is 0 Å². The Kier molecular flexibility index (Phi) is 4.22. The molecule has 4 heteroatoms. The van der Waals surface area contributed by atoms with Gasteiger partial charge in [-0.2, -0.15) is 0 Å². The van der Waals surface area contributed by atoms with E-state index in [0.717, 1.165) is 21.6 Å². The molecule has 1 aliphatic carbocycles. The fraction of sp³-hybridized carbons (Fsp3) is 0.267. The molecule has 0 saturated carbocycles. The fourth-order valence-corrected chi connectivity index (χ4v) is 2.48. The number of hydrogen-bond acceptors (Lipinski definition) is 3. The molecular weight excluding hydrogens is 258 g/mol. The molecule has 1 aromatic carbocycles. The van der Waals surface area contributed by atoms with Crippen LogP contribution in [0.3, 0.4) is 0 Å². The summed E-state index contributed by atoms with van der Waals surface area (Å²) < 4.78 is 0. The monoisotopic (exact) mass is 273 g/mol. The van der Waals surface area contributed by atoms with Gasteiger partial charge in [0.1, 0.15) is 0 Å². The van der Waals surface area contributed by atoms with Crippen molar-refractivity contribution < 1.29 is 4.92 Å². The van der Waals surface area contributed by atoms with Gasteiger partial charge in [0.15, 0.2) is 0 Å². The largest absolute Gasteiger partial charge is 0.265 e. The maximum atomic E-state index is 10.6. The molecule has 0 fully saturated rings. The van der Waals surface area contributed by atoms with Crippen LogP contribution in [-0.4, -0.2) is 16.3 Å². The first-order chi connectivity index (χ1) is 9.09. The summed E-state index contributed by atoms with van der Waals surface area (Å²) in [4.78, 5) is 11.1. The molecule has 0 spiro atoms. The van der Waals surface area contributed by atoms with Crippen molar-refractivity contribution in [2.45, 2.75) is 13.3 Å². The summed E-state index contributed by atoms with van der Waals surface area (Å²) in [7, 11) is 0. The van der Waals surface area contributed by atoms with E-state index >= 15 is 0 Å². The highest BCUT2D eigenvalue weighted by Crippen LogP contribution is 2.30. The zero-order chi connectivity index (χ0) is 13.8. The van der Waals surface area contributed by atoms with E-state index < -0.39 is 0 Å². The maximum Gasteiger partial charge on any atom is 0.207 e. The van der Waals surface area contributed by atoms with Crippen LogP contribution in [0.1, 0.15) is 18.9 Å². The Morgan fingerprint density at radius 2 is 2.00 bits per heavy atom. The molecule has 0 aromatic heterocycles. The first-order valence-electron chi connectivity index (χ1n) is 6.22. The highest BCUT2D eigenvalue weighted by atomic mass is 32.1. The summed E-state index contributed by atoms with van der Waals surface area (Å²) in [5.41, 5.74) is 3.02. The molecule has 2 rings (SSSR count). The minimum absolute atomic E-state index is 0.0770. The third kappa shape index (κ3) is 3.15.